The summed E-state index contributed by atoms with van der Waals surface area (Å²) in [5.74, 6) is 0.861. The number of aryl methyl sites for hydroxylation is 1. The highest BCUT2D eigenvalue weighted by molar-refractivity contribution is 5.94. The van der Waals surface area contributed by atoms with E-state index in [9.17, 15) is 4.79 Å². The largest absolute Gasteiger partial charge is 0.494 e. The minimum atomic E-state index is -0.962. The first-order chi connectivity index (χ1) is 15.6. The Hall–Kier alpha value is -4.05. The summed E-state index contributed by atoms with van der Waals surface area (Å²) in [6.45, 7) is 1.94. The van der Waals surface area contributed by atoms with Gasteiger partial charge in [-0.25, -0.2) is 19.6 Å². The second-order valence-electron chi connectivity index (χ2n) is 6.92. The van der Waals surface area contributed by atoms with Crippen LogP contribution in [0, 0.1) is 6.92 Å². The Morgan fingerprint density at radius 1 is 1.09 bits per heavy atom. The van der Waals surface area contributed by atoms with Crippen molar-refractivity contribution >= 4 is 22.8 Å². The standard InChI is InChI=1S/C22H22N6O4/c1-14-8-9-19(23-10-14)27-21(29)18(12-30-2)32-22-15-11-26-28(20(15)24-13-25-22)16-6-4-5-7-17(16)31-3/h4-11,13,18H,12H2,1-3H3,(H,23,27,29)/t18-/m0/s1. The molecule has 0 radical (unpaired) electrons. The number of aromatic nitrogens is 5. The number of carbonyl (C=O) groups is 1. The van der Waals surface area contributed by atoms with Crippen molar-refractivity contribution in [2.75, 3.05) is 26.1 Å². The predicted molar refractivity (Wildman–Crippen MR) is 117 cm³/mol. The lowest BCUT2D eigenvalue weighted by Gasteiger charge is -2.17. The summed E-state index contributed by atoms with van der Waals surface area (Å²) in [5.41, 5.74) is 2.21. The first kappa shape index (κ1) is 21.2. The molecule has 1 amide bonds. The van der Waals surface area contributed by atoms with Crippen molar-refractivity contribution in [1.29, 1.82) is 0 Å². The van der Waals surface area contributed by atoms with Crippen LogP contribution in [-0.2, 0) is 9.53 Å². The number of carbonyl (C=O) groups excluding carboxylic acids is 1. The van der Waals surface area contributed by atoms with E-state index in [2.05, 4.69) is 25.4 Å². The molecule has 10 heteroatoms. The van der Waals surface area contributed by atoms with Crippen LogP contribution < -0.4 is 14.8 Å². The molecule has 1 atom stereocenters. The van der Waals surface area contributed by atoms with Crippen LogP contribution in [-0.4, -0.2) is 57.6 Å². The van der Waals surface area contributed by atoms with Crippen molar-refractivity contribution < 1.29 is 19.0 Å². The summed E-state index contributed by atoms with van der Waals surface area (Å²) >= 11 is 0. The summed E-state index contributed by atoms with van der Waals surface area (Å²) in [5, 5.41) is 7.70. The summed E-state index contributed by atoms with van der Waals surface area (Å²) < 4.78 is 18.2. The van der Waals surface area contributed by atoms with Crippen molar-refractivity contribution in [3.8, 4) is 17.3 Å². The highest BCUT2D eigenvalue weighted by Gasteiger charge is 2.24. The van der Waals surface area contributed by atoms with Crippen LogP contribution in [0.15, 0.2) is 55.1 Å². The number of fused-ring (bicyclic) bond motifs is 1. The van der Waals surface area contributed by atoms with Crippen LogP contribution >= 0.6 is 0 Å². The summed E-state index contributed by atoms with van der Waals surface area (Å²) in [7, 11) is 3.08. The normalized spacial score (nSPS) is 11.8. The Kier molecular flexibility index (Phi) is 6.22. The molecule has 4 aromatic rings. The highest BCUT2D eigenvalue weighted by atomic mass is 16.5. The zero-order valence-corrected chi connectivity index (χ0v) is 17.8. The van der Waals surface area contributed by atoms with Crippen molar-refractivity contribution in [1.82, 2.24) is 24.7 Å². The molecule has 4 rings (SSSR count). The molecule has 0 unspecified atom stereocenters. The summed E-state index contributed by atoms with van der Waals surface area (Å²) in [4.78, 5) is 25.5. The number of pyridine rings is 1. The number of amides is 1. The Morgan fingerprint density at radius 2 is 1.94 bits per heavy atom. The minimum absolute atomic E-state index is 0.0177. The number of rotatable bonds is 8. The van der Waals surface area contributed by atoms with Gasteiger partial charge in [-0.2, -0.15) is 5.10 Å². The van der Waals surface area contributed by atoms with E-state index in [-0.39, 0.29) is 12.5 Å². The molecule has 0 spiro atoms. The third kappa shape index (κ3) is 4.35. The summed E-state index contributed by atoms with van der Waals surface area (Å²) in [6.07, 6.45) is 3.65. The fourth-order valence-corrected chi connectivity index (χ4v) is 3.10. The fraction of sp³-hybridized carbons (Fsp3) is 0.227. The van der Waals surface area contributed by atoms with E-state index in [1.807, 2.05) is 37.3 Å². The molecule has 1 N–H and O–H groups in total. The number of methoxy groups -OCH3 is 2. The molecular weight excluding hydrogens is 412 g/mol. The number of hydrogen-bond acceptors (Lipinski definition) is 8. The van der Waals surface area contributed by atoms with Crippen molar-refractivity contribution in [3.63, 3.8) is 0 Å². The maximum Gasteiger partial charge on any atom is 0.269 e. The Labute approximate surface area is 184 Å². The van der Waals surface area contributed by atoms with Crippen molar-refractivity contribution in [2.24, 2.45) is 0 Å². The van der Waals surface area contributed by atoms with Crippen LogP contribution in [0.3, 0.4) is 0 Å². The smallest absolute Gasteiger partial charge is 0.269 e. The second-order valence-corrected chi connectivity index (χ2v) is 6.92. The molecule has 0 saturated heterocycles. The molecule has 1 aromatic carbocycles. The van der Waals surface area contributed by atoms with E-state index in [4.69, 9.17) is 14.2 Å². The van der Waals surface area contributed by atoms with E-state index >= 15 is 0 Å². The number of anilines is 1. The van der Waals surface area contributed by atoms with Gasteiger partial charge in [0.1, 0.15) is 29.0 Å². The van der Waals surface area contributed by atoms with Gasteiger partial charge in [0.05, 0.1) is 19.9 Å². The van der Waals surface area contributed by atoms with Gasteiger partial charge in [0, 0.05) is 13.3 Å². The zero-order valence-electron chi connectivity index (χ0n) is 17.8. The topological polar surface area (TPSA) is 113 Å². The van der Waals surface area contributed by atoms with Gasteiger partial charge < -0.3 is 19.5 Å². The molecule has 3 aromatic heterocycles. The quantitative estimate of drug-likeness (QED) is 0.450. The molecule has 164 valence electrons. The minimum Gasteiger partial charge on any atom is -0.494 e. The highest BCUT2D eigenvalue weighted by Crippen LogP contribution is 2.28. The van der Waals surface area contributed by atoms with Crippen LogP contribution in [0.4, 0.5) is 5.82 Å². The van der Waals surface area contributed by atoms with Gasteiger partial charge in [-0.1, -0.05) is 18.2 Å². The molecular formula is C22H22N6O4. The van der Waals surface area contributed by atoms with Gasteiger partial charge in [-0.15, -0.1) is 0 Å². The van der Waals surface area contributed by atoms with Crippen molar-refractivity contribution in [2.45, 2.75) is 13.0 Å². The van der Waals surface area contributed by atoms with E-state index < -0.39 is 12.0 Å². The van der Waals surface area contributed by atoms with Crippen molar-refractivity contribution in [3.05, 3.63) is 60.7 Å². The Bertz CT molecular complexity index is 1220. The maximum atomic E-state index is 12.8. The molecule has 10 nitrogen and oxygen atoms in total. The number of para-hydroxylation sites is 2. The maximum absolute atomic E-state index is 12.8. The lowest BCUT2D eigenvalue weighted by Crippen LogP contribution is -2.37. The fourth-order valence-electron chi connectivity index (χ4n) is 3.10. The lowest BCUT2D eigenvalue weighted by atomic mass is 10.3. The van der Waals surface area contributed by atoms with Gasteiger partial charge in [0.25, 0.3) is 5.91 Å². The van der Waals surface area contributed by atoms with Gasteiger partial charge in [0.2, 0.25) is 12.0 Å². The number of benzene rings is 1. The van der Waals surface area contributed by atoms with Crippen LogP contribution in [0.1, 0.15) is 5.56 Å². The first-order valence-electron chi connectivity index (χ1n) is 9.82. The zero-order chi connectivity index (χ0) is 22.5. The summed E-state index contributed by atoms with van der Waals surface area (Å²) in [6, 6.07) is 11.0. The van der Waals surface area contributed by atoms with Crippen LogP contribution in [0.25, 0.3) is 16.7 Å². The van der Waals surface area contributed by atoms with Gasteiger partial charge >= 0.3 is 0 Å². The van der Waals surface area contributed by atoms with E-state index in [1.54, 1.807) is 30.3 Å². The molecule has 32 heavy (non-hydrogen) atoms. The molecule has 0 aliphatic rings. The van der Waals surface area contributed by atoms with E-state index in [1.165, 1.54) is 13.4 Å². The van der Waals surface area contributed by atoms with E-state index in [0.717, 1.165) is 5.56 Å². The second kappa shape index (κ2) is 9.40. The molecule has 0 aliphatic carbocycles. The molecule has 0 aliphatic heterocycles. The van der Waals surface area contributed by atoms with Crippen LogP contribution in [0.5, 0.6) is 11.6 Å². The van der Waals surface area contributed by atoms with Gasteiger partial charge in [0.15, 0.2) is 5.65 Å². The molecule has 3 heterocycles. The average molecular weight is 434 g/mol. The molecule has 0 fully saturated rings. The third-order valence-corrected chi connectivity index (χ3v) is 4.67. The van der Waals surface area contributed by atoms with E-state index in [0.29, 0.717) is 28.3 Å². The number of nitrogens with one attached hydrogen (secondary N) is 1. The van der Waals surface area contributed by atoms with Gasteiger partial charge in [-0.3, -0.25) is 4.79 Å². The third-order valence-electron chi connectivity index (χ3n) is 4.67. The number of hydrogen-bond donors (Lipinski definition) is 1. The SMILES string of the molecule is COC[C@H](Oc1ncnc2c1cnn2-c1ccccc1OC)C(=O)Nc1ccc(C)cn1. The average Bonchev–Trinajstić information content (AvgIpc) is 3.25. The Balaban J connectivity index is 1.62. The number of nitrogens with zero attached hydrogens (tertiary/aromatic N) is 5. The van der Waals surface area contributed by atoms with Gasteiger partial charge in [-0.05, 0) is 30.7 Å². The predicted octanol–water partition coefficient (Wildman–Crippen LogP) is 2.56. The lowest BCUT2D eigenvalue weighted by molar-refractivity contribution is -0.125. The van der Waals surface area contributed by atoms with Crippen LogP contribution in [0.2, 0.25) is 0 Å². The Morgan fingerprint density at radius 3 is 2.69 bits per heavy atom. The monoisotopic (exact) mass is 434 g/mol. The molecule has 0 bridgehead atoms. The number of ether oxygens (including phenoxy) is 3. The molecule has 0 saturated carbocycles. The first-order valence-corrected chi connectivity index (χ1v) is 9.82.